The number of aryl methyl sites for hydroxylation is 1. The standard InChI is InChI=1S/C31H41N3O6/c1-19-27(35)33-24-16-23-22(15-26(24)38-19)12-9-13-25(23)34(29(37)40-31(5,6)7)18-21-11-8-10-20(14-21)17-32-28(36)39-30(2,3)4/h8,10-11,14-16,19,25H,9,12-13,17-18H2,1-7H3,(H,32,36)(H,33,35). The van der Waals surface area contributed by atoms with Crippen LogP contribution in [0.1, 0.15) is 89.6 Å². The van der Waals surface area contributed by atoms with Gasteiger partial charge in [-0.15, -0.1) is 0 Å². The molecule has 0 radical (unpaired) electrons. The maximum Gasteiger partial charge on any atom is 0.411 e. The number of hydrogen-bond acceptors (Lipinski definition) is 6. The summed E-state index contributed by atoms with van der Waals surface area (Å²) in [6.45, 7) is 13.4. The summed E-state index contributed by atoms with van der Waals surface area (Å²) >= 11 is 0. The Kier molecular flexibility index (Phi) is 8.33. The third-order valence-corrected chi connectivity index (χ3v) is 6.64. The number of anilines is 1. The van der Waals surface area contributed by atoms with Crippen molar-refractivity contribution in [1.29, 1.82) is 0 Å². The number of rotatable bonds is 5. The number of amides is 3. The first-order valence-corrected chi connectivity index (χ1v) is 13.9. The largest absolute Gasteiger partial charge is 0.479 e. The van der Waals surface area contributed by atoms with E-state index in [1.54, 1.807) is 11.8 Å². The van der Waals surface area contributed by atoms with Crippen LogP contribution in [0.5, 0.6) is 5.75 Å². The van der Waals surface area contributed by atoms with Crippen molar-refractivity contribution in [3.63, 3.8) is 0 Å². The van der Waals surface area contributed by atoms with E-state index in [9.17, 15) is 14.4 Å². The normalized spacial score (nSPS) is 18.4. The van der Waals surface area contributed by atoms with Crippen LogP contribution in [-0.2, 0) is 33.8 Å². The van der Waals surface area contributed by atoms with Crippen LogP contribution < -0.4 is 15.4 Å². The zero-order chi connectivity index (χ0) is 29.2. The predicted molar refractivity (Wildman–Crippen MR) is 152 cm³/mol. The molecule has 2 aromatic carbocycles. The van der Waals surface area contributed by atoms with Crippen LogP contribution in [0.15, 0.2) is 36.4 Å². The van der Waals surface area contributed by atoms with Gasteiger partial charge in [0.1, 0.15) is 17.0 Å². The van der Waals surface area contributed by atoms with Crippen LogP contribution in [0.3, 0.4) is 0 Å². The molecule has 216 valence electrons. The van der Waals surface area contributed by atoms with E-state index in [2.05, 4.69) is 10.6 Å². The molecule has 2 unspecified atom stereocenters. The van der Waals surface area contributed by atoms with Gasteiger partial charge in [-0.05, 0) is 102 Å². The Hall–Kier alpha value is -3.75. The summed E-state index contributed by atoms with van der Waals surface area (Å²) in [5.74, 6) is 0.459. The molecule has 0 aromatic heterocycles. The highest BCUT2D eigenvalue weighted by atomic mass is 16.6. The highest BCUT2D eigenvalue weighted by Crippen LogP contribution is 2.42. The summed E-state index contributed by atoms with van der Waals surface area (Å²) in [6.07, 6.45) is 1.07. The number of carbonyl (C=O) groups excluding carboxylic acids is 3. The van der Waals surface area contributed by atoms with Crippen molar-refractivity contribution in [2.75, 3.05) is 5.32 Å². The first kappa shape index (κ1) is 29.2. The van der Waals surface area contributed by atoms with E-state index in [0.29, 0.717) is 24.5 Å². The molecule has 9 heteroatoms. The number of nitrogens with one attached hydrogen (secondary N) is 2. The topological polar surface area (TPSA) is 106 Å². The third-order valence-electron chi connectivity index (χ3n) is 6.64. The second-order valence-electron chi connectivity index (χ2n) is 12.5. The molecule has 2 aliphatic rings. The van der Waals surface area contributed by atoms with Gasteiger partial charge < -0.3 is 24.8 Å². The van der Waals surface area contributed by atoms with E-state index in [4.69, 9.17) is 14.2 Å². The molecule has 1 heterocycles. The van der Waals surface area contributed by atoms with Crippen LogP contribution in [-0.4, -0.2) is 40.3 Å². The van der Waals surface area contributed by atoms with Gasteiger partial charge in [0.25, 0.3) is 5.91 Å². The number of nitrogens with zero attached hydrogens (tertiary/aromatic N) is 1. The summed E-state index contributed by atoms with van der Waals surface area (Å²) in [4.78, 5) is 39.8. The molecule has 2 aromatic rings. The van der Waals surface area contributed by atoms with Crippen LogP contribution in [0.2, 0.25) is 0 Å². The van der Waals surface area contributed by atoms with E-state index in [1.165, 1.54) is 0 Å². The van der Waals surface area contributed by atoms with Gasteiger partial charge in [-0.25, -0.2) is 9.59 Å². The molecule has 2 atom stereocenters. The van der Waals surface area contributed by atoms with Crippen molar-refractivity contribution < 1.29 is 28.6 Å². The molecule has 0 spiro atoms. The van der Waals surface area contributed by atoms with Gasteiger partial charge in [0.15, 0.2) is 6.10 Å². The van der Waals surface area contributed by atoms with E-state index < -0.39 is 29.5 Å². The Labute approximate surface area is 236 Å². The first-order valence-electron chi connectivity index (χ1n) is 13.9. The minimum atomic E-state index is -0.667. The van der Waals surface area contributed by atoms with Crippen molar-refractivity contribution in [2.24, 2.45) is 0 Å². The zero-order valence-electron chi connectivity index (χ0n) is 24.6. The molecule has 0 bridgehead atoms. The van der Waals surface area contributed by atoms with Crippen LogP contribution in [0, 0.1) is 0 Å². The maximum absolute atomic E-state index is 13.6. The number of carbonyl (C=O) groups is 3. The van der Waals surface area contributed by atoms with Crippen LogP contribution in [0.25, 0.3) is 0 Å². The lowest BCUT2D eigenvalue weighted by atomic mass is 9.85. The van der Waals surface area contributed by atoms with Gasteiger partial charge in [-0.3, -0.25) is 9.69 Å². The monoisotopic (exact) mass is 551 g/mol. The van der Waals surface area contributed by atoms with Gasteiger partial charge in [0.05, 0.1) is 11.7 Å². The molecule has 1 aliphatic carbocycles. The van der Waals surface area contributed by atoms with Crippen molar-refractivity contribution >= 4 is 23.8 Å². The van der Waals surface area contributed by atoms with Gasteiger partial charge in [0, 0.05) is 13.1 Å². The average Bonchev–Trinajstić information content (AvgIpc) is 2.84. The summed E-state index contributed by atoms with van der Waals surface area (Å²) < 4.78 is 17.0. The number of ether oxygens (including phenoxy) is 3. The average molecular weight is 552 g/mol. The fourth-order valence-corrected chi connectivity index (χ4v) is 4.95. The summed E-state index contributed by atoms with van der Waals surface area (Å²) in [5, 5.41) is 5.73. The molecule has 3 amide bonds. The van der Waals surface area contributed by atoms with E-state index >= 15 is 0 Å². The second-order valence-corrected chi connectivity index (χ2v) is 12.5. The molecule has 4 rings (SSSR count). The SMILES string of the molecule is CC1Oc2cc3c(cc2NC1=O)C(N(Cc1cccc(CNC(=O)OC(C)(C)C)c1)C(=O)OC(C)(C)C)CCC3. The molecule has 2 N–H and O–H groups in total. The zero-order valence-corrected chi connectivity index (χ0v) is 24.6. The number of hydrogen-bond donors (Lipinski definition) is 2. The van der Waals surface area contributed by atoms with Crippen molar-refractivity contribution in [3.8, 4) is 5.75 Å². The Morgan fingerprint density at radius 2 is 1.75 bits per heavy atom. The number of fused-ring (bicyclic) bond motifs is 2. The Balaban J connectivity index is 1.61. The van der Waals surface area contributed by atoms with E-state index in [0.717, 1.165) is 41.5 Å². The molecule has 0 fully saturated rings. The Morgan fingerprint density at radius 3 is 2.45 bits per heavy atom. The minimum Gasteiger partial charge on any atom is -0.479 e. The van der Waals surface area contributed by atoms with Gasteiger partial charge in [-0.2, -0.15) is 0 Å². The highest BCUT2D eigenvalue weighted by molar-refractivity contribution is 5.97. The minimum absolute atomic E-state index is 0.194. The quantitative estimate of drug-likeness (QED) is 0.455. The fraction of sp³-hybridized carbons (Fsp3) is 0.516. The van der Waals surface area contributed by atoms with E-state index in [1.807, 2.05) is 77.9 Å². The lowest BCUT2D eigenvalue weighted by molar-refractivity contribution is -0.122. The van der Waals surface area contributed by atoms with Crippen molar-refractivity contribution in [3.05, 3.63) is 58.7 Å². The lowest BCUT2D eigenvalue weighted by Gasteiger charge is -2.38. The second kappa shape index (κ2) is 11.4. The summed E-state index contributed by atoms with van der Waals surface area (Å²) in [5.41, 5.74) is 3.25. The van der Waals surface area contributed by atoms with Crippen LogP contribution in [0.4, 0.5) is 15.3 Å². The summed E-state index contributed by atoms with van der Waals surface area (Å²) in [7, 11) is 0. The molecule has 9 nitrogen and oxygen atoms in total. The third kappa shape index (κ3) is 7.46. The van der Waals surface area contributed by atoms with E-state index in [-0.39, 0.29) is 11.9 Å². The fourth-order valence-electron chi connectivity index (χ4n) is 4.95. The molecule has 0 saturated heterocycles. The van der Waals surface area contributed by atoms with Gasteiger partial charge in [0.2, 0.25) is 0 Å². The molecule has 40 heavy (non-hydrogen) atoms. The van der Waals surface area contributed by atoms with Gasteiger partial charge >= 0.3 is 12.2 Å². The highest BCUT2D eigenvalue weighted by Gasteiger charge is 2.35. The van der Waals surface area contributed by atoms with Crippen molar-refractivity contribution in [1.82, 2.24) is 10.2 Å². The van der Waals surface area contributed by atoms with Gasteiger partial charge in [-0.1, -0.05) is 24.3 Å². The Bertz CT molecular complexity index is 1280. The van der Waals surface area contributed by atoms with Crippen LogP contribution >= 0.6 is 0 Å². The summed E-state index contributed by atoms with van der Waals surface area (Å²) in [6, 6.07) is 11.4. The van der Waals surface area contributed by atoms with Crippen molar-refractivity contribution in [2.45, 2.75) is 104 Å². The lowest BCUT2D eigenvalue weighted by Crippen LogP contribution is -2.40. The number of benzene rings is 2. The number of alkyl carbamates (subject to hydrolysis) is 1. The Morgan fingerprint density at radius 1 is 1.05 bits per heavy atom. The predicted octanol–water partition coefficient (Wildman–Crippen LogP) is 6.25. The smallest absolute Gasteiger partial charge is 0.411 e. The molecular weight excluding hydrogens is 510 g/mol. The first-order chi connectivity index (χ1) is 18.7. The molecule has 0 saturated carbocycles. The maximum atomic E-state index is 13.6. The molecular formula is C31H41N3O6. The molecule has 1 aliphatic heterocycles.